The van der Waals surface area contributed by atoms with Crippen LogP contribution in [0.25, 0.3) is 0 Å². The van der Waals surface area contributed by atoms with Crippen molar-refractivity contribution in [2.75, 3.05) is 49.5 Å². The maximum Gasteiger partial charge on any atom is 0.251 e. The van der Waals surface area contributed by atoms with E-state index in [0.29, 0.717) is 18.5 Å². The summed E-state index contributed by atoms with van der Waals surface area (Å²) in [4.78, 5) is 28.6. The summed E-state index contributed by atoms with van der Waals surface area (Å²) >= 11 is 6.16. The number of rotatable bonds is 6. The van der Waals surface area contributed by atoms with Crippen molar-refractivity contribution >= 4 is 34.8 Å². The molecular formula is C24H27ClN4O2. The Kier molecular flexibility index (Phi) is 6.59. The zero-order valence-corrected chi connectivity index (χ0v) is 18.4. The van der Waals surface area contributed by atoms with E-state index in [-0.39, 0.29) is 11.8 Å². The standard InChI is InChI=1S/C24H27ClN4O2/c1-17-4-6-20(25)16-22(17)29-12-10-28(11-13-29)9-3-2-8-26-24(31)18-5-7-21-19(14-18)15-23(30)27-21/h2-7,14,16H,8-13,15H2,1H3,(H,26,31)(H,27,30)/b3-2-. The number of halogens is 1. The van der Waals surface area contributed by atoms with Gasteiger partial charge in [0.1, 0.15) is 0 Å². The fraction of sp³-hybridized carbons (Fsp3) is 0.333. The first kappa shape index (κ1) is 21.4. The molecule has 0 aromatic heterocycles. The van der Waals surface area contributed by atoms with E-state index in [1.165, 1.54) is 11.3 Å². The van der Waals surface area contributed by atoms with Crippen LogP contribution >= 0.6 is 11.6 Å². The molecule has 1 fully saturated rings. The van der Waals surface area contributed by atoms with Crippen LogP contribution in [-0.4, -0.2) is 56.0 Å². The lowest BCUT2D eigenvalue weighted by molar-refractivity contribution is -0.115. The van der Waals surface area contributed by atoms with Crippen LogP contribution in [0.2, 0.25) is 5.02 Å². The molecule has 2 heterocycles. The van der Waals surface area contributed by atoms with E-state index in [0.717, 1.165) is 49.0 Å². The van der Waals surface area contributed by atoms with Gasteiger partial charge >= 0.3 is 0 Å². The normalized spacial score (nSPS) is 16.5. The third-order valence-corrected chi connectivity index (χ3v) is 6.02. The van der Waals surface area contributed by atoms with Crippen molar-refractivity contribution in [2.45, 2.75) is 13.3 Å². The van der Waals surface area contributed by atoms with Gasteiger partial charge in [0.15, 0.2) is 0 Å². The van der Waals surface area contributed by atoms with Gasteiger partial charge in [-0.3, -0.25) is 14.5 Å². The highest BCUT2D eigenvalue weighted by molar-refractivity contribution is 6.30. The minimum atomic E-state index is -0.127. The summed E-state index contributed by atoms with van der Waals surface area (Å²) in [6, 6.07) is 11.4. The molecule has 0 aliphatic carbocycles. The summed E-state index contributed by atoms with van der Waals surface area (Å²) in [6.45, 7) is 7.39. The lowest BCUT2D eigenvalue weighted by Gasteiger charge is -2.36. The minimum absolute atomic E-state index is 0.0287. The third kappa shape index (κ3) is 5.27. The highest BCUT2D eigenvalue weighted by Gasteiger charge is 2.19. The monoisotopic (exact) mass is 438 g/mol. The van der Waals surface area contributed by atoms with E-state index in [1.54, 1.807) is 18.2 Å². The van der Waals surface area contributed by atoms with Gasteiger partial charge in [-0.1, -0.05) is 29.8 Å². The van der Waals surface area contributed by atoms with Crippen LogP contribution in [0.15, 0.2) is 48.6 Å². The number of nitrogens with one attached hydrogen (secondary N) is 2. The van der Waals surface area contributed by atoms with Crippen LogP contribution in [-0.2, 0) is 11.2 Å². The van der Waals surface area contributed by atoms with E-state index in [9.17, 15) is 9.59 Å². The lowest BCUT2D eigenvalue weighted by Crippen LogP contribution is -2.46. The number of aryl methyl sites for hydroxylation is 1. The van der Waals surface area contributed by atoms with E-state index in [1.807, 2.05) is 18.2 Å². The molecule has 31 heavy (non-hydrogen) atoms. The van der Waals surface area contributed by atoms with Gasteiger partial charge in [0.05, 0.1) is 6.42 Å². The van der Waals surface area contributed by atoms with Gasteiger partial charge in [0.25, 0.3) is 5.91 Å². The number of fused-ring (bicyclic) bond motifs is 1. The fourth-order valence-electron chi connectivity index (χ4n) is 4.03. The molecule has 1 saturated heterocycles. The van der Waals surface area contributed by atoms with Crippen LogP contribution in [0.4, 0.5) is 11.4 Å². The van der Waals surface area contributed by atoms with Crippen LogP contribution < -0.4 is 15.5 Å². The first-order valence-corrected chi connectivity index (χ1v) is 11.0. The number of hydrogen-bond donors (Lipinski definition) is 2. The predicted octanol–water partition coefficient (Wildman–Crippen LogP) is 3.25. The second-order valence-corrected chi connectivity index (χ2v) is 8.43. The Labute approximate surface area is 187 Å². The molecule has 4 rings (SSSR count). The molecule has 2 amide bonds. The van der Waals surface area contributed by atoms with E-state index < -0.39 is 0 Å². The number of hydrogen-bond acceptors (Lipinski definition) is 4. The first-order chi connectivity index (χ1) is 15.0. The minimum Gasteiger partial charge on any atom is -0.369 e. The molecule has 2 aliphatic rings. The molecule has 2 aromatic rings. The van der Waals surface area contributed by atoms with Crippen molar-refractivity contribution in [1.82, 2.24) is 10.2 Å². The fourth-order valence-corrected chi connectivity index (χ4v) is 4.19. The van der Waals surface area contributed by atoms with Crippen molar-refractivity contribution in [3.8, 4) is 0 Å². The molecule has 162 valence electrons. The van der Waals surface area contributed by atoms with Gasteiger partial charge in [0.2, 0.25) is 5.91 Å². The van der Waals surface area contributed by atoms with Crippen LogP contribution in [0.5, 0.6) is 0 Å². The average Bonchev–Trinajstić information content (AvgIpc) is 3.14. The molecular weight excluding hydrogens is 412 g/mol. The number of nitrogens with zero attached hydrogens (tertiary/aromatic N) is 2. The maximum atomic E-state index is 12.3. The molecule has 2 aliphatic heterocycles. The van der Waals surface area contributed by atoms with Crippen LogP contribution in [0, 0.1) is 6.92 Å². The van der Waals surface area contributed by atoms with Gasteiger partial charge in [-0.15, -0.1) is 0 Å². The second kappa shape index (κ2) is 9.54. The van der Waals surface area contributed by atoms with Crippen molar-refractivity contribution in [3.05, 3.63) is 70.3 Å². The molecule has 2 aromatic carbocycles. The molecule has 0 spiro atoms. The number of anilines is 2. The van der Waals surface area contributed by atoms with Crippen LogP contribution in [0.1, 0.15) is 21.5 Å². The molecule has 6 nitrogen and oxygen atoms in total. The third-order valence-electron chi connectivity index (χ3n) is 5.79. The van der Waals surface area contributed by atoms with E-state index in [4.69, 9.17) is 11.6 Å². The topological polar surface area (TPSA) is 64.7 Å². The Balaban J connectivity index is 1.19. The molecule has 0 unspecified atom stereocenters. The Morgan fingerprint density at radius 2 is 1.94 bits per heavy atom. The Hall–Kier alpha value is -2.83. The molecule has 7 heteroatoms. The molecule has 2 N–H and O–H groups in total. The highest BCUT2D eigenvalue weighted by Crippen LogP contribution is 2.25. The van der Waals surface area contributed by atoms with E-state index in [2.05, 4.69) is 39.5 Å². The molecule has 0 saturated carbocycles. The molecule has 0 bridgehead atoms. The van der Waals surface area contributed by atoms with Gasteiger partial charge in [-0.25, -0.2) is 0 Å². The summed E-state index contributed by atoms with van der Waals surface area (Å²) < 4.78 is 0. The summed E-state index contributed by atoms with van der Waals surface area (Å²) in [5.41, 5.74) is 4.72. The van der Waals surface area contributed by atoms with Crippen molar-refractivity contribution in [3.63, 3.8) is 0 Å². The SMILES string of the molecule is Cc1ccc(Cl)cc1N1CCN(C/C=C\CNC(=O)c2ccc3c(c2)CC(=O)N3)CC1. The van der Waals surface area contributed by atoms with Gasteiger partial charge < -0.3 is 15.5 Å². The zero-order valence-electron chi connectivity index (χ0n) is 17.7. The number of piperazine rings is 1. The summed E-state index contributed by atoms with van der Waals surface area (Å²) in [6.07, 6.45) is 4.43. The predicted molar refractivity (Wildman–Crippen MR) is 125 cm³/mol. The number of amides is 2. The largest absolute Gasteiger partial charge is 0.369 e. The van der Waals surface area contributed by atoms with E-state index >= 15 is 0 Å². The molecule has 0 radical (unpaired) electrons. The van der Waals surface area contributed by atoms with Crippen LogP contribution in [0.3, 0.4) is 0 Å². The Bertz CT molecular complexity index is 1010. The highest BCUT2D eigenvalue weighted by atomic mass is 35.5. The molecule has 0 atom stereocenters. The second-order valence-electron chi connectivity index (χ2n) is 8.00. The zero-order chi connectivity index (χ0) is 21.8. The van der Waals surface area contributed by atoms with Crippen molar-refractivity contribution in [1.29, 1.82) is 0 Å². The number of carbonyl (C=O) groups excluding carboxylic acids is 2. The average molecular weight is 439 g/mol. The number of benzene rings is 2. The Morgan fingerprint density at radius 1 is 1.13 bits per heavy atom. The first-order valence-electron chi connectivity index (χ1n) is 10.6. The van der Waals surface area contributed by atoms with Crippen molar-refractivity contribution < 1.29 is 9.59 Å². The van der Waals surface area contributed by atoms with Gasteiger partial charge in [0, 0.05) is 61.2 Å². The quantitative estimate of drug-likeness (QED) is 0.679. The van der Waals surface area contributed by atoms with Crippen molar-refractivity contribution in [2.24, 2.45) is 0 Å². The lowest BCUT2D eigenvalue weighted by atomic mass is 10.1. The summed E-state index contributed by atoms with van der Waals surface area (Å²) in [5, 5.41) is 6.46. The smallest absolute Gasteiger partial charge is 0.251 e. The summed E-state index contributed by atoms with van der Waals surface area (Å²) in [5.74, 6) is -0.156. The summed E-state index contributed by atoms with van der Waals surface area (Å²) in [7, 11) is 0. The Morgan fingerprint density at radius 3 is 2.74 bits per heavy atom. The maximum absolute atomic E-state index is 12.3. The van der Waals surface area contributed by atoms with Gasteiger partial charge in [-0.2, -0.15) is 0 Å². The van der Waals surface area contributed by atoms with Gasteiger partial charge in [-0.05, 0) is 48.4 Å². The number of carbonyl (C=O) groups is 2.